The average Bonchev–Trinajstić information content (AvgIpc) is 3.29. The first-order valence-electron chi connectivity index (χ1n) is 11.9. The molecule has 0 saturated carbocycles. The van der Waals surface area contributed by atoms with Crippen molar-refractivity contribution in [3.8, 4) is 16.8 Å². The average molecular weight is 445 g/mol. The molecule has 1 aliphatic rings. The van der Waals surface area contributed by atoms with Gasteiger partial charge in [0.05, 0.1) is 22.2 Å². The number of benzene rings is 4. The molecule has 1 saturated heterocycles. The number of nitrogens with zero attached hydrogens (tertiary/aromatic N) is 1. The van der Waals surface area contributed by atoms with Gasteiger partial charge in [0, 0.05) is 16.5 Å². The van der Waals surface area contributed by atoms with Crippen LogP contribution in [0.3, 0.4) is 0 Å². The molecule has 4 heteroatoms. The fraction of sp³-hybridized carbons (Fsp3) is 0.200. The van der Waals surface area contributed by atoms with Crippen LogP contribution in [-0.2, 0) is 9.31 Å². The Hall–Kier alpha value is -3.34. The molecule has 0 unspecified atom stereocenters. The zero-order chi connectivity index (χ0) is 23.5. The summed E-state index contributed by atoms with van der Waals surface area (Å²) in [5.74, 6) is 0. The molecule has 34 heavy (non-hydrogen) atoms. The molecule has 4 aromatic carbocycles. The summed E-state index contributed by atoms with van der Waals surface area (Å²) in [5, 5.41) is 2.42. The largest absolute Gasteiger partial charge is 0.494 e. The minimum Gasteiger partial charge on any atom is -0.399 e. The maximum Gasteiger partial charge on any atom is 0.494 e. The summed E-state index contributed by atoms with van der Waals surface area (Å²) in [7, 11) is -0.377. The van der Waals surface area contributed by atoms with Gasteiger partial charge in [0.1, 0.15) is 0 Å². The fourth-order valence-corrected chi connectivity index (χ4v) is 4.85. The lowest BCUT2D eigenvalue weighted by atomic mass is 9.78. The maximum absolute atomic E-state index is 6.34. The van der Waals surface area contributed by atoms with Crippen molar-refractivity contribution in [3.63, 3.8) is 0 Å². The summed E-state index contributed by atoms with van der Waals surface area (Å²) in [6, 6.07) is 34.5. The van der Waals surface area contributed by atoms with E-state index in [0.29, 0.717) is 0 Å². The highest BCUT2D eigenvalue weighted by Crippen LogP contribution is 2.38. The Balaban J connectivity index is 1.52. The van der Waals surface area contributed by atoms with Crippen LogP contribution in [0.4, 0.5) is 0 Å². The van der Waals surface area contributed by atoms with Gasteiger partial charge in [-0.1, -0.05) is 72.8 Å². The highest BCUT2D eigenvalue weighted by atomic mass is 16.7. The van der Waals surface area contributed by atoms with Crippen LogP contribution in [0.25, 0.3) is 38.6 Å². The summed E-state index contributed by atoms with van der Waals surface area (Å²) in [4.78, 5) is 0. The van der Waals surface area contributed by atoms with Crippen LogP contribution in [0.5, 0.6) is 0 Å². The highest BCUT2D eigenvalue weighted by molar-refractivity contribution is 6.62. The van der Waals surface area contributed by atoms with Gasteiger partial charge in [0.15, 0.2) is 0 Å². The van der Waals surface area contributed by atoms with E-state index in [1.807, 2.05) is 0 Å². The Morgan fingerprint density at radius 3 is 2.00 bits per heavy atom. The summed E-state index contributed by atoms with van der Waals surface area (Å²) >= 11 is 0. The minimum atomic E-state index is -0.377. The standard InChI is InChI=1S/C30H28BNO2/c1-29(2)30(3,4)34-31(33-29)23-17-18-28-26(20-23)25-15-8-9-16-27(25)32(28)24-14-10-13-22(19-24)21-11-6-5-7-12-21/h5-20H,1-4H3. The number of aromatic nitrogens is 1. The minimum absolute atomic E-state index is 0.363. The predicted octanol–water partition coefficient (Wildman–Crippen LogP) is 6.75. The van der Waals surface area contributed by atoms with Crippen LogP contribution >= 0.6 is 0 Å². The SMILES string of the molecule is CC1(C)OB(c2ccc3c(c2)c2ccccc2n3-c2cccc(-c3ccccc3)c2)OC1(C)C. The summed E-state index contributed by atoms with van der Waals surface area (Å²) < 4.78 is 15.0. The second-order valence-corrected chi connectivity index (χ2v) is 10.1. The zero-order valence-electron chi connectivity index (χ0n) is 20.1. The highest BCUT2D eigenvalue weighted by Gasteiger charge is 2.51. The van der Waals surface area contributed by atoms with Crippen molar-refractivity contribution in [2.24, 2.45) is 0 Å². The summed E-state index contributed by atoms with van der Waals surface area (Å²) in [6.07, 6.45) is 0. The van der Waals surface area contributed by atoms with E-state index in [4.69, 9.17) is 9.31 Å². The predicted molar refractivity (Wildman–Crippen MR) is 142 cm³/mol. The first-order valence-corrected chi connectivity index (χ1v) is 11.9. The van der Waals surface area contributed by atoms with Crippen LogP contribution in [0.2, 0.25) is 0 Å². The Labute approximate surface area is 201 Å². The fourth-order valence-electron chi connectivity index (χ4n) is 4.85. The van der Waals surface area contributed by atoms with E-state index >= 15 is 0 Å². The molecule has 1 aliphatic heterocycles. The van der Waals surface area contributed by atoms with Crippen LogP contribution in [0.1, 0.15) is 27.7 Å². The number of hydrogen-bond acceptors (Lipinski definition) is 2. The van der Waals surface area contributed by atoms with Gasteiger partial charge in [-0.3, -0.25) is 0 Å². The third kappa shape index (κ3) is 3.29. The lowest BCUT2D eigenvalue weighted by Gasteiger charge is -2.32. The van der Waals surface area contributed by atoms with Crippen LogP contribution in [0, 0.1) is 0 Å². The normalized spacial score (nSPS) is 17.0. The molecule has 1 aromatic heterocycles. The van der Waals surface area contributed by atoms with Crippen molar-refractivity contribution in [1.82, 2.24) is 4.57 Å². The molecule has 1 fully saturated rings. The first kappa shape index (κ1) is 21.2. The lowest BCUT2D eigenvalue weighted by molar-refractivity contribution is 0.00578. The summed E-state index contributed by atoms with van der Waals surface area (Å²) in [6.45, 7) is 8.38. The number of fused-ring (bicyclic) bond motifs is 3. The van der Waals surface area contributed by atoms with E-state index < -0.39 is 0 Å². The van der Waals surface area contributed by atoms with Gasteiger partial charge in [-0.2, -0.15) is 0 Å². The molecule has 0 atom stereocenters. The van der Waals surface area contributed by atoms with Crippen molar-refractivity contribution >= 4 is 34.4 Å². The van der Waals surface area contributed by atoms with Crippen LogP contribution in [-0.4, -0.2) is 22.9 Å². The molecular weight excluding hydrogens is 417 g/mol. The Morgan fingerprint density at radius 1 is 0.588 bits per heavy atom. The molecular formula is C30H28BNO2. The molecule has 0 bridgehead atoms. The topological polar surface area (TPSA) is 23.4 Å². The Kier molecular flexibility index (Phi) is 4.74. The monoisotopic (exact) mass is 445 g/mol. The molecule has 0 N–H and O–H groups in total. The quantitative estimate of drug-likeness (QED) is 0.287. The van der Waals surface area contributed by atoms with Crippen molar-refractivity contribution in [1.29, 1.82) is 0 Å². The molecule has 0 spiro atoms. The van der Waals surface area contributed by atoms with E-state index in [-0.39, 0.29) is 18.3 Å². The van der Waals surface area contributed by atoms with E-state index in [9.17, 15) is 0 Å². The lowest BCUT2D eigenvalue weighted by Crippen LogP contribution is -2.41. The molecule has 0 radical (unpaired) electrons. The van der Waals surface area contributed by atoms with Crippen molar-refractivity contribution in [2.75, 3.05) is 0 Å². The molecule has 168 valence electrons. The third-order valence-electron chi connectivity index (χ3n) is 7.43. The van der Waals surface area contributed by atoms with E-state index in [2.05, 4.69) is 129 Å². The molecule has 2 heterocycles. The molecule has 5 aromatic rings. The number of hydrogen-bond donors (Lipinski definition) is 0. The number of para-hydroxylation sites is 1. The molecule has 0 aliphatic carbocycles. The van der Waals surface area contributed by atoms with E-state index in [1.165, 1.54) is 32.9 Å². The van der Waals surface area contributed by atoms with Crippen LogP contribution < -0.4 is 5.46 Å². The van der Waals surface area contributed by atoms with Gasteiger partial charge in [0.25, 0.3) is 0 Å². The molecule has 0 amide bonds. The van der Waals surface area contributed by atoms with Gasteiger partial charge >= 0.3 is 7.12 Å². The van der Waals surface area contributed by atoms with Crippen molar-refractivity contribution in [2.45, 2.75) is 38.9 Å². The third-order valence-corrected chi connectivity index (χ3v) is 7.43. The molecule has 6 rings (SSSR count). The van der Waals surface area contributed by atoms with Crippen molar-refractivity contribution < 1.29 is 9.31 Å². The second kappa shape index (κ2) is 7.59. The first-order chi connectivity index (χ1) is 16.3. The van der Waals surface area contributed by atoms with Crippen molar-refractivity contribution in [3.05, 3.63) is 97.1 Å². The molecule has 3 nitrogen and oxygen atoms in total. The second-order valence-electron chi connectivity index (χ2n) is 10.1. The smallest absolute Gasteiger partial charge is 0.399 e. The van der Waals surface area contributed by atoms with Gasteiger partial charge < -0.3 is 13.9 Å². The van der Waals surface area contributed by atoms with Gasteiger partial charge in [0.2, 0.25) is 0 Å². The van der Waals surface area contributed by atoms with E-state index in [0.717, 1.165) is 11.2 Å². The maximum atomic E-state index is 6.34. The van der Waals surface area contributed by atoms with Crippen LogP contribution in [0.15, 0.2) is 97.1 Å². The van der Waals surface area contributed by atoms with E-state index in [1.54, 1.807) is 0 Å². The Morgan fingerprint density at radius 2 is 1.24 bits per heavy atom. The van der Waals surface area contributed by atoms with Gasteiger partial charge in [-0.05, 0) is 68.6 Å². The Bertz CT molecular complexity index is 1500. The van der Waals surface area contributed by atoms with Gasteiger partial charge in [-0.15, -0.1) is 0 Å². The summed E-state index contributed by atoms with van der Waals surface area (Å²) in [5.41, 5.74) is 6.26. The zero-order valence-corrected chi connectivity index (χ0v) is 20.1. The van der Waals surface area contributed by atoms with Gasteiger partial charge in [-0.25, -0.2) is 0 Å². The number of rotatable bonds is 3.